The highest BCUT2D eigenvalue weighted by molar-refractivity contribution is 5.83. The molecule has 1 aromatic carbocycles. The van der Waals surface area contributed by atoms with Crippen LogP contribution in [0.4, 0.5) is 4.79 Å². The lowest BCUT2D eigenvalue weighted by molar-refractivity contribution is -0.139. The van der Waals surface area contributed by atoms with Crippen LogP contribution in [0, 0.1) is 11.8 Å². The summed E-state index contributed by atoms with van der Waals surface area (Å²) in [5.41, 5.74) is 0.897. The van der Waals surface area contributed by atoms with E-state index in [1.54, 1.807) is 4.90 Å². The van der Waals surface area contributed by atoms with Crippen molar-refractivity contribution in [1.82, 2.24) is 10.2 Å². The van der Waals surface area contributed by atoms with Crippen LogP contribution in [-0.2, 0) is 11.2 Å². The van der Waals surface area contributed by atoms with Crippen LogP contribution in [0.25, 0.3) is 0 Å². The zero-order valence-corrected chi connectivity index (χ0v) is 12.5. The van der Waals surface area contributed by atoms with Crippen LogP contribution < -0.4 is 5.32 Å². The van der Waals surface area contributed by atoms with E-state index in [9.17, 15) is 14.7 Å². The van der Waals surface area contributed by atoms with Crippen molar-refractivity contribution in [2.24, 2.45) is 11.8 Å². The molecular formula is C16H22N2O3. The summed E-state index contributed by atoms with van der Waals surface area (Å²) < 4.78 is 0. The Balaban J connectivity index is 1.97. The lowest BCUT2D eigenvalue weighted by Gasteiger charge is -2.21. The first-order valence-corrected chi connectivity index (χ1v) is 7.29. The molecule has 1 heterocycles. The Bertz CT molecular complexity index is 494. The van der Waals surface area contributed by atoms with Gasteiger partial charge in [0.2, 0.25) is 0 Å². The van der Waals surface area contributed by atoms with Gasteiger partial charge in [-0.15, -0.1) is 0 Å². The number of nitrogens with one attached hydrogen (secondary N) is 1. The lowest BCUT2D eigenvalue weighted by atomic mass is 10.0. The van der Waals surface area contributed by atoms with Gasteiger partial charge in [-0.2, -0.15) is 0 Å². The molecule has 0 bridgehead atoms. The molecule has 0 aliphatic carbocycles. The number of benzene rings is 1. The molecule has 0 spiro atoms. The van der Waals surface area contributed by atoms with E-state index >= 15 is 0 Å². The third-order valence-corrected chi connectivity index (χ3v) is 4.15. The number of nitrogens with zero attached hydrogens (tertiary/aromatic N) is 1. The molecular weight excluding hydrogens is 268 g/mol. The van der Waals surface area contributed by atoms with E-state index < -0.39 is 12.0 Å². The third-order valence-electron chi connectivity index (χ3n) is 4.15. The van der Waals surface area contributed by atoms with Crippen molar-refractivity contribution < 1.29 is 14.7 Å². The molecule has 1 aliphatic heterocycles. The fraction of sp³-hybridized carbons (Fsp3) is 0.500. The van der Waals surface area contributed by atoms with Gasteiger partial charge in [-0.05, 0) is 17.4 Å². The van der Waals surface area contributed by atoms with Crippen molar-refractivity contribution in [3.05, 3.63) is 35.9 Å². The number of rotatable bonds is 4. The Morgan fingerprint density at radius 3 is 2.33 bits per heavy atom. The molecule has 3 unspecified atom stereocenters. The van der Waals surface area contributed by atoms with Gasteiger partial charge in [-0.25, -0.2) is 9.59 Å². The Kier molecular flexibility index (Phi) is 4.83. The van der Waals surface area contributed by atoms with Gasteiger partial charge in [0, 0.05) is 19.5 Å². The summed E-state index contributed by atoms with van der Waals surface area (Å²) in [7, 11) is 0. The zero-order valence-electron chi connectivity index (χ0n) is 12.5. The van der Waals surface area contributed by atoms with E-state index in [1.807, 2.05) is 30.3 Å². The van der Waals surface area contributed by atoms with Gasteiger partial charge in [-0.3, -0.25) is 0 Å². The van der Waals surface area contributed by atoms with E-state index in [-0.39, 0.29) is 6.03 Å². The highest BCUT2D eigenvalue weighted by Gasteiger charge is 2.31. The molecule has 1 saturated heterocycles. The maximum absolute atomic E-state index is 12.2. The van der Waals surface area contributed by atoms with E-state index in [4.69, 9.17) is 0 Å². The number of carboxylic acids is 1. The van der Waals surface area contributed by atoms with Crippen LogP contribution >= 0.6 is 0 Å². The monoisotopic (exact) mass is 290 g/mol. The minimum atomic E-state index is -1.01. The number of amides is 2. The van der Waals surface area contributed by atoms with Crippen molar-refractivity contribution in [2.45, 2.75) is 26.3 Å². The molecule has 0 saturated carbocycles. The molecule has 5 heteroatoms. The first-order valence-electron chi connectivity index (χ1n) is 7.29. The summed E-state index contributed by atoms with van der Waals surface area (Å²) in [5.74, 6) is -0.103. The summed E-state index contributed by atoms with van der Waals surface area (Å²) in [5, 5.41) is 11.9. The van der Waals surface area contributed by atoms with Gasteiger partial charge >= 0.3 is 12.0 Å². The summed E-state index contributed by atoms with van der Waals surface area (Å²) in [4.78, 5) is 25.2. The minimum Gasteiger partial charge on any atom is -0.480 e. The molecule has 2 amide bonds. The van der Waals surface area contributed by atoms with Crippen LogP contribution in [0.15, 0.2) is 30.3 Å². The predicted octanol–water partition coefficient (Wildman–Crippen LogP) is 1.98. The van der Waals surface area contributed by atoms with E-state index in [0.29, 0.717) is 31.3 Å². The van der Waals surface area contributed by atoms with Crippen molar-refractivity contribution in [3.8, 4) is 0 Å². The largest absolute Gasteiger partial charge is 0.480 e. The van der Waals surface area contributed by atoms with Crippen LogP contribution in [-0.4, -0.2) is 41.1 Å². The number of urea groups is 1. The minimum absolute atomic E-state index is 0.283. The van der Waals surface area contributed by atoms with Crippen LogP contribution in [0.3, 0.4) is 0 Å². The molecule has 0 radical (unpaired) electrons. The van der Waals surface area contributed by atoms with Crippen LogP contribution in [0.2, 0.25) is 0 Å². The molecule has 21 heavy (non-hydrogen) atoms. The molecule has 1 fully saturated rings. The lowest BCUT2D eigenvalue weighted by Crippen LogP contribution is -2.48. The van der Waals surface area contributed by atoms with E-state index in [0.717, 1.165) is 5.56 Å². The summed E-state index contributed by atoms with van der Waals surface area (Å²) in [6.07, 6.45) is 0.293. The number of carboxylic acid groups (broad SMARTS) is 1. The first kappa shape index (κ1) is 15.4. The third kappa shape index (κ3) is 3.97. The fourth-order valence-corrected chi connectivity index (χ4v) is 2.59. The first-order chi connectivity index (χ1) is 9.97. The second kappa shape index (κ2) is 6.61. The zero-order chi connectivity index (χ0) is 15.4. The standard InChI is InChI=1S/C16H22N2O3/c1-11-9-18(10-12(11)2)16(21)17-14(15(19)20)8-13-6-4-3-5-7-13/h3-7,11-12,14H,8-10H2,1-2H3,(H,17,21)(H,19,20). The topological polar surface area (TPSA) is 69.6 Å². The number of hydrogen-bond acceptors (Lipinski definition) is 2. The predicted molar refractivity (Wildman–Crippen MR) is 80.0 cm³/mol. The summed E-state index contributed by atoms with van der Waals surface area (Å²) in [6, 6.07) is 8.15. The Morgan fingerprint density at radius 2 is 1.81 bits per heavy atom. The summed E-state index contributed by atoms with van der Waals surface area (Å²) >= 11 is 0. The quantitative estimate of drug-likeness (QED) is 0.891. The maximum atomic E-state index is 12.2. The molecule has 114 valence electrons. The van der Waals surface area contributed by atoms with Gasteiger partial charge in [-0.1, -0.05) is 44.2 Å². The molecule has 1 aromatic rings. The Hall–Kier alpha value is -2.04. The average Bonchev–Trinajstić information content (AvgIpc) is 2.79. The van der Waals surface area contributed by atoms with Gasteiger partial charge in [0.1, 0.15) is 6.04 Å². The van der Waals surface area contributed by atoms with Crippen molar-refractivity contribution >= 4 is 12.0 Å². The molecule has 5 nitrogen and oxygen atoms in total. The number of carbonyl (C=O) groups excluding carboxylic acids is 1. The molecule has 2 rings (SSSR count). The number of carbonyl (C=O) groups is 2. The molecule has 0 aromatic heterocycles. The van der Waals surface area contributed by atoms with Crippen LogP contribution in [0.5, 0.6) is 0 Å². The number of hydrogen-bond donors (Lipinski definition) is 2. The normalized spacial score (nSPS) is 22.9. The van der Waals surface area contributed by atoms with Gasteiger partial charge < -0.3 is 15.3 Å². The second-order valence-corrected chi connectivity index (χ2v) is 5.89. The SMILES string of the molecule is CC1CN(C(=O)NC(Cc2ccccc2)C(=O)O)CC1C. The molecule has 3 atom stereocenters. The van der Waals surface area contributed by atoms with E-state index in [2.05, 4.69) is 19.2 Å². The second-order valence-electron chi connectivity index (χ2n) is 5.89. The number of likely N-dealkylation sites (tertiary alicyclic amines) is 1. The number of aliphatic carboxylic acids is 1. The van der Waals surface area contributed by atoms with Crippen molar-refractivity contribution in [3.63, 3.8) is 0 Å². The van der Waals surface area contributed by atoms with Crippen molar-refractivity contribution in [1.29, 1.82) is 0 Å². The van der Waals surface area contributed by atoms with Gasteiger partial charge in [0.25, 0.3) is 0 Å². The van der Waals surface area contributed by atoms with Crippen LogP contribution in [0.1, 0.15) is 19.4 Å². The van der Waals surface area contributed by atoms with E-state index in [1.165, 1.54) is 0 Å². The average molecular weight is 290 g/mol. The smallest absolute Gasteiger partial charge is 0.326 e. The highest BCUT2D eigenvalue weighted by atomic mass is 16.4. The van der Waals surface area contributed by atoms with Gasteiger partial charge in [0.15, 0.2) is 0 Å². The Morgan fingerprint density at radius 1 is 1.24 bits per heavy atom. The highest BCUT2D eigenvalue weighted by Crippen LogP contribution is 2.22. The Labute approximate surface area is 125 Å². The van der Waals surface area contributed by atoms with Crippen molar-refractivity contribution in [2.75, 3.05) is 13.1 Å². The molecule has 1 aliphatic rings. The molecule has 2 N–H and O–H groups in total. The fourth-order valence-electron chi connectivity index (χ4n) is 2.59. The maximum Gasteiger partial charge on any atom is 0.326 e. The summed E-state index contributed by atoms with van der Waals surface area (Å²) in [6.45, 7) is 5.59. The van der Waals surface area contributed by atoms with Gasteiger partial charge in [0.05, 0.1) is 0 Å².